The number of carbonyl (C=O) groups is 1. The molecule has 0 saturated heterocycles. The molecule has 0 unspecified atom stereocenters. The minimum absolute atomic E-state index is 0.201. The van der Waals surface area contributed by atoms with E-state index in [1.54, 1.807) is 12.3 Å². The Bertz CT molecular complexity index is 919. The molecule has 5 nitrogen and oxygen atoms in total. The lowest BCUT2D eigenvalue weighted by molar-refractivity contribution is -0.138. The summed E-state index contributed by atoms with van der Waals surface area (Å²) in [6.45, 7) is 3.17. The first-order valence-electron chi connectivity index (χ1n) is 9.42. The fourth-order valence-electron chi connectivity index (χ4n) is 2.53. The molecule has 29 heavy (non-hydrogen) atoms. The number of esters is 1. The van der Waals surface area contributed by atoms with E-state index in [0.29, 0.717) is 13.2 Å². The van der Waals surface area contributed by atoms with E-state index in [9.17, 15) is 4.79 Å². The highest BCUT2D eigenvalue weighted by atomic mass is 16.5. The summed E-state index contributed by atoms with van der Waals surface area (Å²) in [6, 6.07) is 20.7. The van der Waals surface area contributed by atoms with E-state index >= 15 is 0 Å². The van der Waals surface area contributed by atoms with Crippen molar-refractivity contribution in [2.24, 2.45) is 0 Å². The Morgan fingerprint density at radius 2 is 1.62 bits per heavy atom. The van der Waals surface area contributed by atoms with Crippen molar-refractivity contribution >= 4 is 12.0 Å². The van der Waals surface area contributed by atoms with Gasteiger partial charge in [0.05, 0.1) is 12.3 Å². The molecule has 0 amide bonds. The van der Waals surface area contributed by atoms with E-state index in [0.717, 1.165) is 28.3 Å². The largest absolute Gasteiger partial charge is 0.494 e. The number of nitrogens with zero attached hydrogens (tertiary/aromatic N) is 1. The van der Waals surface area contributed by atoms with Crippen LogP contribution in [0.25, 0.3) is 6.08 Å². The van der Waals surface area contributed by atoms with E-state index in [1.807, 2.05) is 73.7 Å². The highest BCUT2D eigenvalue weighted by Gasteiger charge is 2.01. The average Bonchev–Trinajstić information content (AvgIpc) is 2.77. The van der Waals surface area contributed by atoms with Crippen LogP contribution in [-0.2, 0) is 22.7 Å². The standard InChI is InChI=1S/C24H23NO4/c1-2-27-22-11-6-19(7-12-22)10-15-24(26)29-17-20-8-13-23(14-9-20)28-18-21-5-3-4-16-25-21/h3-16H,2,17-18H2,1H3/b15-10+. The van der Waals surface area contributed by atoms with Crippen LogP contribution in [0.3, 0.4) is 0 Å². The zero-order valence-electron chi connectivity index (χ0n) is 16.3. The second-order valence-electron chi connectivity index (χ2n) is 6.20. The molecule has 148 valence electrons. The van der Waals surface area contributed by atoms with Gasteiger partial charge in [0.25, 0.3) is 0 Å². The van der Waals surface area contributed by atoms with Crippen molar-refractivity contribution in [1.29, 1.82) is 0 Å². The Kier molecular flexibility index (Phi) is 7.41. The van der Waals surface area contributed by atoms with Crippen LogP contribution in [0, 0.1) is 0 Å². The normalized spacial score (nSPS) is 10.7. The summed E-state index contributed by atoms with van der Waals surface area (Å²) in [7, 11) is 0. The maximum absolute atomic E-state index is 11.9. The van der Waals surface area contributed by atoms with Gasteiger partial charge in [-0.1, -0.05) is 30.3 Å². The lowest BCUT2D eigenvalue weighted by Crippen LogP contribution is -2.01. The maximum atomic E-state index is 11.9. The van der Waals surface area contributed by atoms with Crippen LogP contribution in [0.1, 0.15) is 23.7 Å². The molecule has 0 atom stereocenters. The predicted octanol–water partition coefficient (Wildman–Crippen LogP) is 4.82. The van der Waals surface area contributed by atoms with Crippen molar-refractivity contribution in [3.8, 4) is 11.5 Å². The summed E-state index contributed by atoms with van der Waals surface area (Å²) >= 11 is 0. The van der Waals surface area contributed by atoms with Crippen LogP contribution in [0.15, 0.2) is 79.0 Å². The molecule has 0 spiro atoms. The number of hydrogen-bond donors (Lipinski definition) is 0. The highest BCUT2D eigenvalue weighted by molar-refractivity contribution is 5.87. The molecule has 0 N–H and O–H groups in total. The van der Waals surface area contributed by atoms with Crippen molar-refractivity contribution in [3.05, 3.63) is 95.8 Å². The van der Waals surface area contributed by atoms with E-state index in [1.165, 1.54) is 6.08 Å². The SMILES string of the molecule is CCOc1ccc(/C=C/C(=O)OCc2ccc(OCc3ccccn3)cc2)cc1. The van der Waals surface area contributed by atoms with Gasteiger partial charge in [-0.3, -0.25) is 4.98 Å². The molecule has 3 aromatic rings. The monoisotopic (exact) mass is 389 g/mol. The smallest absolute Gasteiger partial charge is 0.331 e. The molecule has 0 aliphatic carbocycles. The van der Waals surface area contributed by atoms with Gasteiger partial charge in [0.2, 0.25) is 0 Å². The number of benzene rings is 2. The van der Waals surface area contributed by atoms with Gasteiger partial charge in [0.15, 0.2) is 0 Å². The van der Waals surface area contributed by atoms with Crippen molar-refractivity contribution in [2.45, 2.75) is 20.1 Å². The van der Waals surface area contributed by atoms with Crippen LogP contribution in [-0.4, -0.2) is 17.6 Å². The number of hydrogen-bond acceptors (Lipinski definition) is 5. The van der Waals surface area contributed by atoms with Crippen LogP contribution < -0.4 is 9.47 Å². The summed E-state index contributed by atoms with van der Waals surface area (Å²) in [6.07, 6.45) is 4.87. The molecule has 0 radical (unpaired) electrons. The quantitative estimate of drug-likeness (QED) is 0.388. The molecule has 1 heterocycles. The second-order valence-corrected chi connectivity index (χ2v) is 6.20. The van der Waals surface area contributed by atoms with Crippen molar-refractivity contribution in [3.63, 3.8) is 0 Å². The number of pyridine rings is 1. The van der Waals surface area contributed by atoms with Gasteiger partial charge in [0, 0.05) is 12.3 Å². The van der Waals surface area contributed by atoms with E-state index in [2.05, 4.69) is 4.98 Å². The molecule has 0 bridgehead atoms. The highest BCUT2D eigenvalue weighted by Crippen LogP contribution is 2.15. The first-order valence-corrected chi connectivity index (χ1v) is 9.42. The summed E-state index contributed by atoms with van der Waals surface area (Å²) in [5, 5.41) is 0. The van der Waals surface area contributed by atoms with Crippen LogP contribution in [0.2, 0.25) is 0 Å². The third-order valence-corrected chi connectivity index (χ3v) is 4.02. The Morgan fingerprint density at radius 1 is 0.897 bits per heavy atom. The molecular weight excluding hydrogens is 366 g/mol. The van der Waals surface area contributed by atoms with Gasteiger partial charge < -0.3 is 14.2 Å². The van der Waals surface area contributed by atoms with E-state index in [-0.39, 0.29) is 6.61 Å². The van der Waals surface area contributed by atoms with E-state index < -0.39 is 5.97 Å². The molecule has 0 aliphatic rings. The number of carbonyl (C=O) groups excluding carboxylic acids is 1. The Labute approximate surface area is 170 Å². The summed E-state index contributed by atoms with van der Waals surface area (Å²) < 4.78 is 16.4. The molecule has 2 aromatic carbocycles. The lowest BCUT2D eigenvalue weighted by Gasteiger charge is -2.07. The molecular formula is C24H23NO4. The van der Waals surface area contributed by atoms with E-state index in [4.69, 9.17) is 14.2 Å². The average molecular weight is 389 g/mol. The second kappa shape index (κ2) is 10.7. The predicted molar refractivity (Wildman–Crippen MR) is 111 cm³/mol. The van der Waals surface area contributed by atoms with Crippen molar-refractivity contribution < 1.29 is 19.0 Å². The van der Waals surface area contributed by atoms with Gasteiger partial charge >= 0.3 is 5.97 Å². The third kappa shape index (κ3) is 6.81. The fraction of sp³-hybridized carbons (Fsp3) is 0.167. The maximum Gasteiger partial charge on any atom is 0.331 e. The first-order chi connectivity index (χ1) is 14.2. The Balaban J connectivity index is 1.43. The molecule has 0 aliphatic heterocycles. The van der Waals surface area contributed by atoms with Gasteiger partial charge in [-0.05, 0) is 60.5 Å². The molecule has 0 saturated carbocycles. The molecule has 1 aromatic heterocycles. The zero-order valence-corrected chi connectivity index (χ0v) is 16.3. The van der Waals surface area contributed by atoms with Crippen LogP contribution in [0.5, 0.6) is 11.5 Å². The first kappa shape index (κ1) is 20.1. The summed E-state index contributed by atoms with van der Waals surface area (Å²) in [5.41, 5.74) is 2.66. The van der Waals surface area contributed by atoms with Crippen molar-refractivity contribution in [2.75, 3.05) is 6.61 Å². The molecule has 3 rings (SSSR count). The zero-order chi connectivity index (χ0) is 20.3. The number of rotatable bonds is 9. The van der Waals surface area contributed by atoms with Crippen LogP contribution in [0.4, 0.5) is 0 Å². The molecule has 0 fully saturated rings. The number of aromatic nitrogens is 1. The van der Waals surface area contributed by atoms with Crippen molar-refractivity contribution in [1.82, 2.24) is 4.98 Å². The Morgan fingerprint density at radius 3 is 2.31 bits per heavy atom. The van der Waals surface area contributed by atoms with Gasteiger partial charge in [-0.25, -0.2) is 4.79 Å². The molecule has 5 heteroatoms. The summed E-state index contributed by atoms with van der Waals surface area (Å²) in [5.74, 6) is 1.15. The number of ether oxygens (including phenoxy) is 3. The fourth-order valence-corrected chi connectivity index (χ4v) is 2.53. The Hall–Kier alpha value is -3.60. The topological polar surface area (TPSA) is 57.7 Å². The lowest BCUT2D eigenvalue weighted by atomic mass is 10.2. The van der Waals surface area contributed by atoms with Gasteiger partial charge in [-0.2, -0.15) is 0 Å². The van der Waals surface area contributed by atoms with Gasteiger partial charge in [0.1, 0.15) is 24.7 Å². The van der Waals surface area contributed by atoms with Crippen LogP contribution >= 0.6 is 0 Å². The summed E-state index contributed by atoms with van der Waals surface area (Å²) in [4.78, 5) is 16.1. The minimum Gasteiger partial charge on any atom is -0.494 e. The van der Waals surface area contributed by atoms with Gasteiger partial charge in [-0.15, -0.1) is 0 Å². The minimum atomic E-state index is -0.394. The third-order valence-electron chi connectivity index (χ3n) is 4.02.